The first-order valence-electron chi connectivity index (χ1n) is 7.79. The van der Waals surface area contributed by atoms with Gasteiger partial charge in [-0.3, -0.25) is 14.1 Å². The number of anilines is 3. The van der Waals surface area contributed by atoms with Gasteiger partial charge in [-0.25, -0.2) is 12.8 Å². The second-order valence-corrected chi connectivity index (χ2v) is 9.72. The largest absolute Gasteiger partial charge is 0.494 e. The summed E-state index contributed by atoms with van der Waals surface area (Å²) in [5, 5.41) is 4.43. The van der Waals surface area contributed by atoms with E-state index in [0.29, 0.717) is 3.57 Å². The fourth-order valence-electron chi connectivity index (χ4n) is 2.40. The van der Waals surface area contributed by atoms with E-state index in [1.54, 1.807) is 17.5 Å². The summed E-state index contributed by atoms with van der Waals surface area (Å²) in [5.74, 6) is -0.490. The van der Waals surface area contributed by atoms with Gasteiger partial charge in [0, 0.05) is 16.7 Å². The van der Waals surface area contributed by atoms with Gasteiger partial charge in [-0.2, -0.15) is 0 Å². The normalized spacial score (nSPS) is 11.3. The van der Waals surface area contributed by atoms with Crippen LogP contribution >= 0.6 is 33.9 Å². The zero-order valence-electron chi connectivity index (χ0n) is 14.7. The van der Waals surface area contributed by atoms with Gasteiger partial charge in [0.05, 0.1) is 12.8 Å². The molecule has 7 nitrogen and oxygen atoms in total. The number of hydrogen-bond acceptors (Lipinski definition) is 6. The Kier molecular flexibility index (Phi) is 5.95. The lowest BCUT2D eigenvalue weighted by Crippen LogP contribution is -2.23. The third-order valence-corrected chi connectivity index (χ3v) is 7.22. The van der Waals surface area contributed by atoms with Crippen LogP contribution in [0.4, 0.5) is 21.6 Å². The van der Waals surface area contributed by atoms with E-state index in [-0.39, 0.29) is 27.2 Å². The van der Waals surface area contributed by atoms with Crippen molar-refractivity contribution in [2.24, 2.45) is 7.05 Å². The second kappa shape index (κ2) is 8.09. The van der Waals surface area contributed by atoms with Gasteiger partial charge in [0.15, 0.2) is 5.75 Å². The minimum absolute atomic E-state index is 0.00375. The summed E-state index contributed by atoms with van der Waals surface area (Å²) in [4.78, 5) is 12.3. The maximum Gasteiger partial charge on any atom is 0.271 e. The molecule has 2 aromatic heterocycles. The first kappa shape index (κ1) is 20.6. The van der Waals surface area contributed by atoms with E-state index in [4.69, 9.17) is 4.74 Å². The molecule has 2 N–H and O–H groups in total. The van der Waals surface area contributed by atoms with E-state index in [2.05, 4.69) is 10.0 Å². The first-order valence-corrected chi connectivity index (χ1v) is 11.2. The van der Waals surface area contributed by atoms with Gasteiger partial charge < -0.3 is 10.1 Å². The summed E-state index contributed by atoms with van der Waals surface area (Å²) in [7, 11) is -1.17. The van der Waals surface area contributed by atoms with Crippen molar-refractivity contribution in [2.75, 3.05) is 17.1 Å². The number of halogens is 2. The van der Waals surface area contributed by atoms with E-state index in [0.717, 1.165) is 17.4 Å². The number of ether oxygens (including phenoxy) is 1. The van der Waals surface area contributed by atoms with Crippen molar-refractivity contribution in [3.8, 4) is 5.75 Å². The summed E-state index contributed by atoms with van der Waals surface area (Å²) < 4.78 is 49.3. The lowest BCUT2D eigenvalue weighted by molar-refractivity contribution is 0.415. The zero-order valence-corrected chi connectivity index (χ0v) is 18.5. The van der Waals surface area contributed by atoms with Crippen LogP contribution in [0.3, 0.4) is 0 Å². The van der Waals surface area contributed by atoms with Crippen LogP contribution in [0.5, 0.6) is 5.75 Å². The molecule has 28 heavy (non-hydrogen) atoms. The molecule has 0 spiro atoms. The molecule has 0 saturated heterocycles. The molecule has 2 heterocycles. The van der Waals surface area contributed by atoms with Gasteiger partial charge in [-0.05, 0) is 52.2 Å². The standard InChI is InChI=1S/C17H15FIN3O4S2/c1-22-14(23)9-13(26-2)16(21-28(24,25)15-4-3-7-27-15)17(22)20-12-6-5-10(19)8-11(12)18/h3-9,20-21H,1-2H3. The average Bonchev–Trinajstić information content (AvgIpc) is 3.18. The highest BCUT2D eigenvalue weighted by Crippen LogP contribution is 2.35. The molecule has 0 amide bonds. The van der Waals surface area contributed by atoms with E-state index in [9.17, 15) is 17.6 Å². The number of nitrogens with one attached hydrogen (secondary N) is 2. The quantitative estimate of drug-likeness (QED) is 0.470. The lowest BCUT2D eigenvalue weighted by Gasteiger charge is -2.19. The summed E-state index contributed by atoms with van der Waals surface area (Å²) in [6.07, 6.45) is 0. The Labute approximate surface area is 178 Å². The van der Waals surface area contributed by atoms with Crippen LogP contribution in [0.2, 0.25) is 0 Å². The van der Waals surface area contributed by atoms with Gasteiger partial charge in [0.25, 0.3) is 15.6 Å². The maximum absolute atomic E-state index is 14.3. The molecule has 3 rings (SSSR count). The molecule has 0 aliphatic heterocycles. The third-order valence-electron chi connectivity index (χ3n) is 3.80. The molecule has 0 aliphatic carbocycles. The smallest absolute Gasteiger partial charge is 0.271 e. The van der Waals surface area contributed by atoms with Crippen molar-refractivity contribution in [3.63, 3.8) is 0 Å². The third kappa shape index (κ3) is 4.15. The van der Waals surface area contributed by atoms with Crippen molar-refractivity contribution in [1.29, 1.82) is 0 Å². The molecule has 0 bridgehead atoms. The Balaban J connectivity index is 2.15. The summed E-state index contributed by atoms with van der Waals surface area (Å²) in [6.45, 7) is 0. The average molecular weight is 535 g/mol. The van der Waals surface area contributed by atoms with Gasteiger partial charge >= 0.3 is 0 Å². The Bertz CT molecular complexity index is 1180. The Morgan fingerprint density at radius 1 is 1.25 bits per heavy atom. The van der Waals surface area contributed by atoms with Crippen LogP contribution in [-0.2, 0) is 17.1 Å². The minimum atomic E-state index is -3.93. The monoisotopic (exact) mass is 535 g/mol. The van der Waals surface area contributed by atoms with Crippen LogP contribution < -0.4 is 20.3 Å². The highest BCUT2D eigenvalue weighted by molar-refractivity contribution is 14.1. The lowest BCUT2D eigenvalue weighted by atomic mass is 10.3. The maximum atomic E-state index is 14.3. The number of methoxy groups -OCH3 is 1. The molecule has 1 aromatic carbocycles. The van der Waals surface area contributed by atoms with Gasteiger partial charge in [-0.15, -0.1) is 11.3 Å². The number of thiophene rings is 1. The fourth-order valence-corrected chi connectivity index (χ4v) is 4.93. The molecular weight excluding hydrogens is 520 g/mol. The first-order chi connectivity index (χ1) is 13.2. The van der Waals surface area contributed by atoms with E-state index in [1.165, 1.54) is 36.9 Å². The summed E-state index contributed by atoms with van der Waals surface area (Å²) in [6, 6.07) is 8.71. The number of pyridine rings is 1. The van der Waals surface area contributed by atoms with Crippen LogP contribution in [0.15, 0.2) is 50.8 Å². The summed E-state index contributed by atoms with van der Waals surface area (Å²) >= 11 is 3.02. The second-order valence-electron chi connectivity index (χ2n) is 5.62. The molecule has 0 atom stereocenters. The van der Waals surface area contributed by atoms with Crippen molar-refractivity contribution >= 4 is 61.1 Å². The predicted molar refractivity (Wildman–Crippen MR) is 116 cm³/mol. The topological polar surface area (TPSA) is 89.4 Å². The molecule has 0 unspecified atom stereocenters. The Morgan fingerprint density at radius 2 is 2.00 bits per heavy atom. The number of hydrogen-bond donors (Lipinski definition) is 2. The van der Waals surface area contributed by atoms with E-state index >= 15 is 0 Å². The molecule has 0 saturated carbocycles. The number of nitrogens with zero attached hydrogens (tertiary/aromatic N) is 1. The number of sulfonamides is 1. The molecule has 0 radical (unpaired) electrons. The van der Waals surface area contributed by atoms with Crippen molar-refractivity contribution in [2.45, 2.75) is 4.21 Å². The number of rotatable bonds is 6. The van der Waals surface area contributed by atoms with Crippen molar-refractivity contribution < 1.29 is 17.5 Å². The molecule has 11 heteroatoms. The predicted octanol–water partition coefficient (Wildman–Crippen LogP) is 3.74. The number of benzene rings is 1. The van der Waals surface area contributed by atoms with Gasteiger partial charge in [0.2, 0.25) is 0 Å². The minimum Gasteiger partial charge on any atom is -0.494 e. The van der Waals surface area contributed by atoms with Gasteiger partial charge in [0.1, 0.15) is 21.5 Å². The van der Waals surface area contributed by atoms with Crippen molar-refractivity contribution in [3.05, 3.63) is 61.5 Å². The van der Waals surface area contributed by atoms with E-state index < -0.39 is 21.4 Å². The fraction of sp³-hybridized carbons (Fsp3) is 0.118. The Morgan fingerprint density at radius 3 is 2.61 bits per heavy atom. The number of aromatic nitrogens is 1. The van der Waals surface area contributed by atoms with Crippen LogP contribution in [0.25, 0.3) is 0 Å². The van der Waals surface area contributed by atoms with Crippen LogP contribution in [-0.4, -0.2) is 20.1 Å². The van der Waals surface area contributed by atoms with Gasteiger partial charge in [-0.1, -0.05) is 6.07 Å². The van der Waals surface area contributed by atoms with Crippen LogP contribution in [0, 0.1) is 9.39 Å². The molecule has 0 fully saturated rings. The zero-order chi connectivity index (χ0) is 20.5. The molecule has 148 valence electrons. The van der Waals surface area contributed by atoms with E-state index in [1.807, 2.05) is 22.6 Å². The summed E-state index contributed by atoms with van der Waals surface area (Å²) in [5.41, 5.74) is -0.375. The molecule has 0 aliphatic rings. The molecular formula is C17H15FIN3O4S2. The Hall–Kier alpha value is -2.12. The highest BCUT2D eigenvalue weighted by Gasteiger charge is 2.23. The SMILES string of the molecule is COc1cc(=O)n(C)c(Nc2ccc(I)cc2F)c1NS(=O)(=O)c1cccs1. The molecule has 3 aromatic rings. The highest BCUT2D eigenvalue weighted by atomic mass is 127. The van der Waals surface area contributed by atoms with Crippen molar-refractivity contribution in [1.82, 2.24) is 4.57 Å². The van der Waals surface area contributed by atoms with Crippen LogP contribution in [0.1, 0.15) is 0 Å².